The summed E-state index contributed by atoms with van der Waals surface area (Å²) in [5, 5.41) is 17.3. The van der Waals surface area contributed by atoms with Crippen LogP contribution in [0.2, 0.25) is 0 Å². The Kier molecular flexibility index (Phi) is 4.14. The average molecular weight is 362 g/mol. The number of benzene rings is 1. The van der Waals surface area contributed by atoms with Gasteiger partial charge in [0.25, 0.3) is 5.89 Å². The molecule has 0 fully saturated rings. The zero-order valence-corrected chi connectivity index (χ0v) is 15.9. The topological polar surface area (TPSA) is 81.7 Å². The number of pyridine rings is 1. The van der Waals surface area contributed by atoms with Gasteiger partial charge >= 0.3 is 0 Å². The lowest BCUT2D eigenvalue weighted by Crippen LogP contribution is -2.11. The molecule has 0 atom stereocenters. The quantitative estimate of drug-likeness (QED) is 0.574. The number of nitrogens with zero attached hydrogens (tertiary/aromatic N) is 5. The summed E-state index contributed by atoms with van der Waals surface area (Å²) < 4.78 is 7.83. The zero-order chi connectivity index (χ0) is 19.0. The van der Waals surface area contributed by atoms with Crippen LogP contribution in [0.1, 0.15) is 33.6 Å². The molecule has 0 bridgehead atoms. The van der Waals surface area contributed by atoms with Crippen LogP contribution in [0.5, 0.6) is 0 Å². The van der Waals surface area contributed by atoms with Crippen molar-refractivity contribution in [1.29, 1.82) is 0 Å². The molecule has 1 aromatic carbocycles. The summed E-state index contributed by atoms with van der Waals surface area (Å²) in [6.45, 7) is 8.91. The number of fused-ring (bicyclic) bond motifs is 1. The van der Waals surface area contributed by atoms with Crippen molar-refractivity contribution in [3.8, 4) is 11.5 Å². The highest BCUT2D eigenvalue weighted by Crippen LogP contribution is 2.36. The first kappa shape index (κ1) is 17.2. The van der Waals surface area contributed by atoms with Crippen LogP contribution in [0.25, 0.3) is 22.5 Å². The predicted molar refractivity (Wildman–Crippen MR) is 105 cm³/mol. The molecule has 0 aliphatic rings. The Bertz CT molecular complexity index is 1070. The summed E-state index contributed by atoms with van der Waals surface area (Å²) >= 11 is 0. The largest absolute Gasteiger partial charge is 0.420 e. The maximum atomic E-state index is 5.97. The summed E-state index contributed by atoms with van der Waals surface area (Å²) in [7, 11) is 0. The fourth-order valence-electron chi connectivity index (χ4n) is 2.86. The van der Waals surface area contributed by atoms with Crippen molar-refractivity contribution in [2.24, 2.45) is 0 Å². The molecule has 0 saturated carbocycles. The maximum absolute atomic E-state index is 5.97. The van der Waals surface area contributed by atoms with Gasteiger partial charge in [0.15, 0.2) is 5.65 Å². The van der Waals surface area contributed by atoms with Gasteiger partial charge in [-0.25, -0.2) is 9.67 Å². The standard InChI is InChI=1S/C20H22N6O/c1-5-26-17-14(12-22-26)16(23-13-9-7-6-8-10-13)15(11-21-17)18-24-25-19(27-18)20(2,3)4/h6-12H,5H2,1-4H3,(H,21,23). The normalized spacial score (nSPS) is 11.9. The highest BCUT2D eigenvalue weighted by molar-refractivity contribution is 5.98. The van der Waals surface area contributed by atoms with E-state index >= 15 is 0 Å². The molecule has 7 heteroatoms. The lowest BCUT2D eigenvalue weighted by molar-refractivity contribution is 0.399. The van der Waals surface area contributed by atoms with Crippen molar-refractivity contribution >= 4 is 22.4 Å². The lowest BCUT2D eigenvalue weighted by Gasteiger charge is -2.12. The Labute approximate surface area is 157 Å². The van der Waals surface area contributed by atoms with E-state index in [2.05, 4.69) is 25.6 Å². The number of nitrogens with one attached hydrogen (secondary N) is 1. The Morgan fingerprint density at radius 2 is 1.85 bits per heavy atom. The number of rotatable bonds is 4. The van der Waals surface area contributed by atoms with Gasteiger partial charge in [-0.2, -0.15) is 5.10 Å². The highest BCUT2D eigenvalue weighted by Gasteiger charge is 2.24. The van der Waals surface area contributed by atoms with E-state index < -0.39 is 0 Å². The Morgan fingerprint density at radius 3 is 2.52 bits per heavy atom. The molecule has 0 saturated heterocycles. The molecule has 4 rings (SSSR count). The molecule has 4 aromatic rings. The van der Waals surface area contributed by atoms with Crippen LogP contribution in [0, 0.1) is 0 Å². The van der Waals surface area contributed by atoms with E-state index in [-0.39, 0.29) is 5.41 Å². The molecule has 0 radical (unpaired) electrons. The highest BCUT2D eigenvalue weighted by atomic mass is 16.4. The fraction of sp³-hybridized carbons (Fsp3) is 0.300. The first-order valence-electron chi connectivity index (χ1n) is 8.98. The third kappa shape index (κ3) is 3.16. The molecule has 3 heterocycles. The van der Waals surface area contributed by atoms with E-state index in [9.17, 15) is 0 Å². The summed E-state index contributed by atoms with van der Waals surface area (Å²) in [4.78, 5) is 4.59. The van der Waals surface area contributed by atoms with Crippen LogP contribution >= 0.6 is 0 Å². The minimum absolute atomic E-state index is 0.219. The minimum atomic E-state index is -0.219. The molecule has 0 aliphatic heterocycles. The van der Waals surface area contributed by atoms with E-state index in [0.717, 1.165) is 34.5 Å². The van der Waals surface area contributed by atoms with Crippen molar-refractivity contribution in [2.75, 3.05) is 5.32 Å². The number of aromatic nitrogens is 5. The predicted octanol–water partition coefficient (Wildman–Crippen LogP) is 4.54. The van der Waals surface area contributed by atoms with Crippen molar-refractivity contribution < 1.29 is 4.42 Å². The second kappa shape index (κ2) is 6.50. The molecule has 0 aliphatic carbocycles. The second-order valence-electron chi connectivity index (χ2n) is 7.40. The monoisotopic (exact) mass is 362 g/mol. The third-order valence-electron chi connectivity index (χ3n) is 4.31. The van der Waals surface area contributed by atoms with Crippen LogP contribution in [0.15, 0.2) is 47.1 Å². The number of aryl methyl sites for hydroxylation is 1. The molecule has 1 N–H and O–H groups in total. The van der Waals surface area contributed by atoms with Gasteiger partial charge in [-0.3, -0.25) is 0 Å². The van der Waals surface area contributed by atoms with E-state index in [1.54, 1.807) is 6.20 Å². The SMILES string of the molecule is CCn1ncc2c(Nc3ccccc3)c(-c3nnc(C(C)(C)C)o3)cnc21. The maximum Gasteiger partial charge on any atom is 0.251 e. The second-order valence-corrected chi connectivity index (χ2v) is 7.40. The summed E-state index contributed by atoms with van der Waals surface area (Å²) in [6, 6.07) is 9.97. The van der Waals surface area contributed by atoms with E-state index in [0.29, 0.717) is 11.8 Å². The number of anilines is 2. The van der Waals surface area contributed by atoms with Gasteiger partial charge in [0, 0.05) is 23.8 Å². The molecule has 138 valence electrons. The summed E-state index contributed by atoms with van der Waals surface area (Å²) in [6.07, 6.45) is 3.59. The van der Waals surface area contributed by atoms with Gasteiger partial charge in [0.2, 0.25) is 5.89 Å². The molecule has 27 heavy (non-hydrogen) atoms. The third-order valence-corrected chi connectivity index (χ3v) is 4.31. The van der Waals surface area contributed by atoms with Gasteiger partial charge in [0.05, 0.1) is 22.8 Å². The first-order chi connectivity index (χ1) is 13.0. The minimum Gasteiger partial charge on any atom is -0.420 e. The molecule has 0 spiro atoms. The van der Waals surface area contributed by atoms with E-state index in [1.807, 2.05) is 68.9 Å². The number of para-hydroxylation sites is 1. The molecular weight excluding hydrogens is 340 g/mol. The Hall–Kier alpha value is -3.22. The van der Waals surface area contributed by atoms with Crippen molar-refractivity contribution in [2.45, 2.75) is 39.7 Å². The average Bonchev–Trinajstić information content (AvgIpc) is 3.29. The van der Waals surface area contributed by atoms with Gasteiger partial charge in [-0.15, -0.1) is 10.2 Å². The van der Waals surface area contributed by atoms with Gasteiger partial charge in [-0.05, 0) is 19.1 Å². The van der Waals surface area contributed by atoms with Crippen LogP contribution in [-0.4, -0.2) is 25.0 Å². The smallest absolute Gasteiger partial charge is 0.251 e. The molecule has 0 amide bonds. The Balaban J connectivity index is 1.89. The van der Waals surface area contributed by atoms with Crippen LogP contribution < -0.4 is 5.32 Å². The van der Waals surface area contributed by atoms with Gasteiger partial charge < -0.3 is 9.73 Å². The van der Waals surface area contributed by atoms with Crippen LogP contribution in [-0.2, 0) is 12.0 Å². The molecule has 0 unspecified atom stereocenters. The summed E-state index contributed by atoms with van der Waals surface area (Å²) in [5.74, 6) is 1.03. The van der Waals surface area contributed by atoms with Gasteiger partial charge in [-0.1, -0.05) is 39.0 Å². The Morgan fingerprint density at radius 1 is 1.07 bits per heavy atom. The first-order valence-corrected chi connectivity index (χ1v) is 8.98. The van der Waals surface area contributed by atoms with Crippen molar-refractivity contribution in [1.82, 2.24) is 25.0 Å². The summed E-state index contributed by atoms with van der Waals surface area (Å²) in [5.41, 5.74) is 3.17. The van der Waals surface area contributed by atoms with Gasteiger partial charge in [0.1, 0.15) is 0 Å². The van der Waals surface area contributed by atoms with E-state index in [4.69, 9.17) is 4.42 Å². The van der Waals surface area contributed by atoms with Crippen LogP contribution in [0.4, 0.5) is 11.4 Å². The lowest BCUT2D eigenvalue weighted by atomic mass is 9.97. The molecular formula is C20H22N6O. The van der Waals surface area contributed by atoms with Crippen molar-refractivity contribution in [3.63, 3.8) is 0 Å². The number of hydrogen-bond donors (Lipinski definition) is 1. The number of hydrogen-bond acceptors (Lipinski definition) is 6. The van der Waals surface area contributed by atoms with Crippen LogP contribution in [0.3, 0.4) is 0 Å². The zero-order valence-electron chi connectivity index (χ0n) is 15.9. The fourth-order valence-corrected chi connectivity index (χ4v) is 2.86. The molecule has 7 nitrogen and oxygen atoms in total. The van der Waals surface area contributed by atoms with Crippen molar-refractivity contribution in [3.05, 3.63) is 48.6 Å². The van der Waals surface area contributed by atoms with E-state index in [1.165, 1.54) is 0 Å². The molecule has 3 aromatic heterocycles.